The van der Waals surface area contributed by atoms with Gasteiger partial charge in [0.15, 0.2) is 11.5 Å². The number of anilines is 5. The highest BCUT2D eigenvalue weighted by Crippen LogP contribution is 2.52. The van der Waals surface area contributed by atoms with Gasteiger partial charge in [0.2, 0.25) is 5.95 Å². The van der Waals surface area contributed by atoms with Gasteiger partial charge in [0.05, 0.1) is 24.1 Å². The van der Waals surface area contributed by atoms with Crippen LogP contribution in [-0.4, -0.2) is 79.9 Å². The Morgan fingerprint density at radius 1 is 1.32 bits per heavy atom. The lowest BCUT2D eigenvalue weighted by molar-refractivity contribution is -0.0680. The Morgan fingerprint density at radius 2 is 2.09 bits per heavy atom. The number of allylic oxidation sites excluding steroid dienone is 2. The molecular formula is C32H40FN7O3S. The zero-order valence-corrected chi connectivity index (χ0v) is 26.5. The molecule has 6 rings (SSSR count). The number of sulfone groups is 1. The molecule has 3 aliphatic heterocycles. The van der Waals surface area contributed by atoms with Crippen LogP contribution in [0.4, 0.5) is 33.3 Å². The van der Waals surface area contributed by atoms with E-state index in [1.54, 1.807) is 13.2 Å². The number of nitrogens with zero attached hydrogens (tertiary/aromatic N) is 5. The summed E-state index contributed by atoms with van der Waals surface area (Å²) in [4.78, 5) is 18.1. The molecule has 0 amide bonds. The third kappa shape index (κ3) is 5.07. The molecule has 5 heterocycles. The van der Waals surface area contributed by atoms with Gasteiger partial charge in [-0.05, 0) is 49.8 Å². The molecule has 2 bridgehead atoms. The molecule has 12 heteroatoms. The van der Waals surface area contributed by atoms with Crippen LogP contribution in [0.2, 0.25) is 0 Å². The van der Waals surface area contributed by atoms with Gasteiger partial charge in [-0.1, -0.05) is 24.3 Å². The van der Waals surface area contributed by atoms with E-state index < -0.39 is 27.5 Å². The molecule has 44 heavy (non-hydrogen) atoms. The Labute approximate surface area is 258 Å². The largest absolute Gasteiger partial charge is 0.378 e. The summed E-state index contributed by atoms with van der Waals surface area (Å²) in [5, 5.41) is 5.28. The summed E-state index contributed by atoms with van der Waals surface area (Å²) in [7, 11) is -1.51. The van der Waals surface area contributed by atoms with Crippen molar-refractivity contribution in [3.8, 4) is 0 Å². The fourth-order valence-corrected chi connectivity index (χ4v) is 8.44. The van der Waals surface area contributed by atoms with Crippen molar-refractivity contribution in [2.75, 3.05) is 59.6 Å². The highest BCUT2D eigenvalue weighted by Gasteiger charge is 2.56. The number of nitrogen functional groups attached to an aromatic ring is 1. The number of halogens is 1. The Balaban J connectivity index is 1.39. The van der Waals surface area contributed by atoms with Crippen molar-refractivity contribution in [1.29, 1.82) is 0 Å². The molecule has 2 fully saturated rings. The fourth-order valence-electron chi connectivity index (χ4n) is 7.28. The number of hydrogen-bond acceptors (Lipinski definition) is 10. The maximum atomic E-state index is 16.7. The van der Waals surface area contributed by atoms with E-state index in [1.807, 2.05) is 30.2 Å². The van der Waals surface area contributed by atoms with E-state index in [2.05, 4.69) is 46.3 Å². The molecule has 10 nitrogen and oxygen atoms in total. The summed E-state index contributed by atoms with van der Waals surface area (Å²) in [6.07, 6.45) is 5.17. The van der Waals surface area contributed by atoms with Crippen LogP contribution in [0.15, 0.2) is 43.6 Å². The number of nitrogens with one attached hydrogen (secondary N) is 1. The average Bonchev–Trinajstić information content (AvgIpc) is 2.95. The third-order valence-electron chi connectivity index (χ3n) is 9.49. The predicted molar refractivity (Wildman–Crippen MR) is 175 cm³/mol. The molecule has 3 aliphatic rings. The van der Waals surface area contributed by atoms with Crippen molar-refractivity contribution in [2.45, 2.75) is 50.4 Å². The van der Waals surface area contributed by atoms with Gasteiger partial charge in [0.1, 0.15) is 21.3 Å². The van der Waals surface area contributed by atoms with Gasteiger partial charge in [0.25, 0.3) is 0 Å². The molecule has 2 saturated heterocycles. The van der Waals surface area contributed by atoms with Gasteiger partial charge in [-0.25, -0.2) is 22.8 Å². The van der Waals surface area contributed by atoms with E-state index in [9.17, 15) is 8.42 Å². The molecule has 0 spiro atoms. The number of pyridine rings is 1. The van der Waals surface area contributed by atoms with Crippen molar-refractivity contribution in [3.63, 3.8) is 0 Å². The van der Waals surface area contributed by atoms with Gasteiger partial charge in [-0.3, -0.25) is 0 Å². The standard InChI is InChI=1S/C32H40FN7O3S/c1-7-8-24-28-29(39-12-11-26(43-5)32(24,33)17-39)30(38-31(34)37-28)36-27-13-22-21(18(2)3)9-10-25(23(22)14-35-27)40-15-20(19(40)4)16-44(6,41)42/h7,9-10,13-14,19-20,24,26H,1-2,8,11-12,15-17H2,3-6H3,(H3,34,35,36,37,38)/t19-,20-,24?,26?,32?/m1/s1. The minimum atomic E-state index is -3.06. The lowest BCUT2D eigenvalue weighted by atomic mass is 9.73. The number of piperidine rings is 1. The molecule has 0 radical (unpaired) electrons. The molecule has 234 valence electrons. The second-order valence-electron chi connectivity index (χ2n) is 12.5. The van der Waals surface area contributed by atoms with Crippen LogP contribution in [-0.2, 0) is 14.6 Å². The first-order chi connectivity index (χ1) is 20.8. The summed E-state index contributed by atoms with van der Waals surface area (Å²) >= 11 is 0. The lowest BCUT2D eigenvalue weighted by Gasteiger charge is -2.51. The first-order valence-corrected chi connectivity index (χ1v) is 17.0. The Hall–Kier alpha value is -3.77. The molecule has 0 saturated carbocycles. The van der Waals surface area contributed by atoms with Crippen LogP contribution in [0.3, 0.4) is 0 Å². The lowest BCUT2D eigenvalue weighted by Crippen LogP contribution is -2.61. The molecular weight excluding hydrogens is 581 g/mol. The van der Waals surface area contributed by atoms with E-state index in [-0.39, 0.29) is 30.2 Å². The molecule has 0 aliphatic carbocycles. The van der Waals surface area contributed by atoms with Gasteiger partial charge in [-0.15, -0.1) is 6.58 Å². The molecule has 3 N–H and O–H groups in total. The van der Waals surface area contributed by atoms with Crippen molar-refractivity contribution in [3.05, 3.63) is 54.9 Å². The smallest absolute Gasteiger partial charge is 0.222 e. The topological polar surface area (TPSA) is 127 Å². The van der Waals surface area contributed by atoms with Crippen LogP contribution in [0.5, 0.6) is 0 Å². The van der Waals surface area contributed by atoms with Crippen molar-refractivity contribution in [2.24, 2.45) is 5.92 Å². The molecule has 3 aromatic rings. The second-order valence-corrected chi connectivity index (χ2v) is 14.7. The number of fused-ring (bicyclic) bond motifs is 5. The maximum absolute atomic E-state index is 16.7. The Morgan fingerprint density at radius 3 is 2.75 bits per heavy atom. The number of aromatic nitrogens is 3. The summed E-state index contributed by atoms with van der Waals surface area (Å²) in [6.45, 7) is 13.5. The van der Waals surface area contributed by atoms with Gasteiger partial charge < -0.3 is 25.6 Å². The maximum Gasteiger partial charge on any atom is 0.222 e. The number of benzene rings is 1. The number of nitrogens with two attached hydrogens (primary N) is 1. The van der Waals surface area contributed by atoms with E-state index in [1.165, 1.54) is 6.26 Å². The Kier molecular flexibility index (Phi) is 7.56. The predicted octanol–water partition coefficient (Wildman–Crippen LogP) is 4.86. The third-order valence-corrected chi connectivity index (χ3v) is 10.5. The summed E-state index contributed by atoms with van der Waals surface area (Å²) < 4.78 is 46.1. The highest BCUT2D eigenvalue weighted by molar-refractivity contribution is 7.90. The zero-order chi connectivity index (χ0) is 31.6. The summed E-state index contributed by atoms with van der Waals surface area (Å²) in [6, 6.07) is 6.14. The summed E-state index contributed by atoms with van der Waals surface area (Å²) in [5.74, 6) is 0.721. The zero-order valence-electron chi connectivity index (χ0n) is 25.7. The number of hydrogen-bond donors (Lipinski definition) is 2. The molecule has 5 atom stereocenters. The Bertz CT molecular complexity index is 1770. The highest BCUT2D eigenvalue weighted by atomic mass is 32.2. The van der Waals surface area contributed by atoms with E-state index >= 15 is 4.39 Å². The van der Waals surface area contributed by atoms with Crippen LogP contribution in [0.1, 0.15) is 43.9 Å². The monoisotopic (exact) mass is 621 g/mol. The van der Waals surface area contributed by atoms with Crippen LogP contribution < -0.4 is 20.9 Å². The number of alkyl halides is 1. The molecule has 2 aromatic heterocycles. The van der Waals surface area contributed by atoms with Crippen LogP contribution in [0.25, 0.3) is 16.3 Å². The number of methoxy groups -OCH3 is 1. The van der Waals surface area contributed by atoms with Crippen LogP contribution >= 0.6 is 0 Å². The van der Waals surface area contributed by atoms with E-state index in [4.69, 9.17) is 15.5 Å². The van der Waals surface area contributed by atoms with Gasteiger partial charge in [-0.2, -0.15) is 4.98 Å². The fraction of sp³-hybridized carbons (Fsp3) is 0.469. The van der Waals surface area contributed by atoms with Crippen LogP contribution in [0, 0.1) is 5.92 Å². The van der Waals surface area contributed by atoms with E-state index in [0.29, 0.717) is 43.3 Å². The number of ether oxygens (including phenoxy) is 1. The quantitative estimate of drug-likeness (QED) is 0.320. The van der Waals surface area contributed by atoms with Gasteiger partial charge in [0, 0.05) is 61.6 Å². The first kappa shape index (κ1) is 30.3. The second kappa shape index (κ2) is 11.0. The molecule has 1 aromatic carbocycles. The van der Waals surface area contributed by atoms with E-state index in [0.717, 1.165) is 33.3 Å². The first-order valence-electron chi connectivity index (χ1n) is 14.9. The van der Waals surface area contributed by atoms with Crippen molar-refractivity contribution in [1.82, 2.24) is 15.0 Å². The van der Waals surface area contributed by atoms with Gasteiger partial charge >= 0.3 is 0 Å². The minimum Gasteiger partial charge on any atom is -0.378 e. The van der Waals surface area contributed by atoms with Crippen molar-refractivity contribution < 1.29 is 17.5 Å². The SMILES string of the molecule is C=CCC1c2nc(N)nc(Nc3cc4c(C(=C)C)ccc(N5C[C@H](CS(C)(=O)=O)[C@H]5C)c4cn3)c2N2CCC(OC)C1(F)C2. The molecule has 3 unspecified atom stereocenters. The average molecular weight is 622 g/mol. The number of rotatable bonds is 9. The summed E-state index contributed by atoms with van der Waals surface area (Å²) in [5.41, 5.74) is 8.71. The normalized spacial score (nSPS) is 26.2. The minimum absolute atomic E-state index is 0.0418. The van der Waals surface area contributed by atoms with Crippen molar-refractivity contribution >= 4 is 55.1 Å².